The molecule has 1 aliphatic heterocycles. The van der Waals surface area contributed by atoms with E-state index in [0.29, 0.717) is 32.0 Å². The molecule has 2 amide bonds. The molecular weight excluding hydrogens is 218 g/mol. The summed E-state index contributed by atoms with van der Waals surface area (Å²) in [5.74, 6) is 0.353. The summed E-state index contributed by atoms with van der Waals surface area (Å²) >= 11 is 0. The van der Waals surface area contributed by atoms with Gasteiger partial charge in [-0.25, -0.2) is 0 Å². The van der Waals surface area contributed by atoms with Crippen molar-refractivity contribution in [3.05, 3.63) is 0 Å². The molecule has 0 aromatic rings. The SMILES string of the molecule is CC(C)CC(=O)N1CCCC1C(=O)NCCN. The summed E-state index contributed by atoms with van der Waals surface area (Å²) in [6.07, 6.45) is 2.19. The average molecular weight is 241 g/mol. The zero-order valence-electron chi connectivity index (χ0n) is 10.7. The molecule has 3 N–H and O–H groups in total. The highest BCUT2D eigenvalue weighted by Crippen LogP contribution is 2.19. The molecule has 98 valence electrons. The molecular formula is C12H23N3O2. The van der Waals surface area contributed by atoms with Crippen LogP contribution in [-0.2, 0) is 9.59 Å². The summed E-state index contributed by atoms with van der Waals surface area (Å²) in [4.78, 5) is 25.5. The third-order valence-corrected chi connectivity index (χ3v) is 2.90. The third kappa shape index (κ3) is 4.00. The van der Waals surface area contributed by atoms with Crippen LogP contribution in [0.1, 0.15) is 33.1 Å². The minimum atomic E-state index is -0.284. The van der Waals surface area contributed by atoms with E-state index >= 15 is 0 Å². The fourth-order valence-corrected chi connectivity index (χ4v) is 2.12. The van der Waals surface area contributed by atoms with Gasteiger partial charge in [0.05, 0.1) is 0 Å². The van der Waals surface area contributed by atoms with Gasteiger partial charge in [0.25, 0.3) is 0 Å². The lowest BCUT2D eigenvalue weighted by Crippen LogP contribution is -2.47. The standard InChI is InChI=1S/C12H23N3O2/c1-9(2)8-11(16)15-7-3-4-10(15)12(17)14-6-5-13/h9-10H,3-8,13H2,1-2H3,(H,14,17). The first-order valence-corrected chi connectivity index (χ1v) is 6.33. The molecule has 0 aliphatic carbocycles. The van der Waals surface area contributed by atoms with Crippen LogP contribution < -0.4 is 11.1 Å². The Hall–Kier alpha value is -1.10. The maximum Gasteiger partial charge on any atom is 0.242 e. The molecule has 1 fully saturated rings. The van der Waals surface area contributed by atoms with E-state index in [1.54, 1.807) is 4.90 Å². The third-order valence-electron chi connectivity index (χ3n) is 2.90. The zero-order valence-corrected chi connectivity index (χ0v) is 10.7. The van der Waals surface area contributed by atoms with Crippen LogP contribution in [-0.4, -0.2) is 42.4 Å². The predicted molar refractivity (Wildman–Crippen MR) is 66.3 cm³/mol. The lowest BCUT2D eigenvalue weighted by molar-refractivity contribution is -0.139. The molecule has 5 nitrogen and oxygen atoms in total. The van der Waals surface area contributed by atoms with Gasteiger partial charge in [-0.05, 0) is 18.8 Å². The van der Waals surface area contributed by atoms with Crippen LogP contribution >= 0.6 is 0 Å². The Morgan fingerprint density at radius 2 is 2.18 bits per heavy atom. The van der Waals surface area contributed by atoms with Crippen LogP contribution in [0.2, 0.25) is 0 Å². The second-order valence-corrected chi connectivity index (χ2v) is 4.92. The van der Waals surface area contributed by atoms with E-state index < -0.39 is 0 Å². The number of hydrogen-bond donors (Lipinski definition) is 2. The van der Waals surface area contributed by atoms with Gasteiger partial charge in [-0.15, -0.1) is 0 Å². The molecule has 0 spiro atoms. The highest BCUT2D eigenvalue weighted by atomic mass is 16.2. The Morgan fingerprint density at radius 1 is 1.47 bits per heavy atom. The van der Waals surface area contributed by atoms with Crippen LogP contribution in [0.25, 0.3) is 0 Å². The number of nitrogens with zero attached hydrogens (tertiary/aromatic N) is 1. The fraction of sp³-hybridized carbons (Fsp3) is 0.833. The molecule has 1 unspecified atom stereocenters. The van der Waals surface area contributed by atoms with E-state index in [1.165, 1.54) is 0 Å². The summed E-state index contributed by atoms with van der Waals surface area (Å²) in [5.41, 5.74) is 5.34. The van der Waals surface area contributed by atoms with Crippen molar-refractivity contribution in [3.8, 4) is 0 Å². The maximum atomic E-state index is 12.0. The minimum Gasteiger partial charge on any atom is -0.353 e. The van der Waals surface area contributed by atoms with Crippen LogP contribution in [0.15, 0.2) is 0 Å². The maximum absolute atomic E-state index is 12.0. The molecule has 1 saturated heterocycles. The number of likely N-dealkylation sites (tertiary alicyclic amines) is 1. The molecule has 5 heteroatoms. The predicted octanol–water partition coefficient (Wildman–Crippen LogP) is 0.0984. The highest BCUT2D eigenvalue weighted by molar-refractivity contribution is 5.88. The van der Waals surface area contributed by atoms with Gasteiger partial charge in [-0.2, -0.15) is 0 Å². The smallest absolute Gasteiger partial charge is 0.242 e. The second kappa shape index (κ2) is 6.59. The summed E-state index contributed by atoms with van der Waals surface area (Å²) in [5, 5.41) is 2.75. The number of carbonyl (C=O) groups is 2. The lowest BCUT2D eigenvalue weighted by Gasteiger charge is -2.24. The molecule has 1 aliphatic rings. The largest absolute Gasteiger partial charge is 0.353 e. The van der Waals surface area contributed by atoms with Crippen molar-refractivity contribution >= 4 is 11.8 Å². The molecule has 1 heterocycles. The second-order valence-electron chi connectivity index (χ2n) is 4.92. The number of nitrogens with two attached hydrogens (primary N) is 1. The molecule has 0 aromatic carbocycles. The van der Waals surface area contributed by atoms with Crippen molar-refractivity contribution in [2.45, 2.75) is 39.2 Å². The summed E-state index contributed by atoms with van der Waals surface area (Å²) in [7, 11) is 0. The van der Waals surface area contributed by atoms with Crippen LogP contribution in [0.5, 0.6) is 0 Å². The first-order valence-electron chi connectivity index (χ1n) is 6.33. The van der Waals surface area contributed by atoms with Gasteiger partial charge in [0.15, 0.2) is 0 Å². The number of carbonyl (C=O) groups excluding carboxylic acids is 2. The first-order chi connectivity index (χ1) is 8.06. The fourth-order valence-electron chi connectivity index (χ4n) is 2.12. The first kappa shape index (κ1) is 14.0. The molecule has 0 radical (unpaired) electrons. The Morgan fingerprint density at radius 3 is 2.76 bits per heavy atom. The Kier molecular flexibility index (Phi) is 5.41. The molecule has 0 bridgehead atoms. The summed E-state index contributed by atoms with van der Waals surface area (Å²) in [6.45, 7) is 5.63. The van der Waals surface area contributed by atoms with Crippen molar-refractivity contribution in [2.24, 2.45) is 11.7 Å². The minimum absolute atomic E-state index is 0.0648. The van der Waals surface area contributed by atoms with Gasteiger partial charge in [0.1, 0.15) is 6.04 Å². The molecule has 1 atom stereocenters. The van der Waals surface area contributed by atoms with Crippen LogP contribution in [0.4, 0.5) is 0 Å². The molecule has 17 heavy (non-hydrogen) atoms. The van der Waals surface area contributed by atoms with E-state index in [4.69, 9.17) is 5.73 Å². The highest BCUT2D eigenvalue weighted by Gasteiger charge is 2.33. The van der Waals surface area contributed by atoms with Crippen molar-refractivity contribution in [3.63, 3.8) is 0 Å². The van der Waals surface area contributed by atoms with Crippen molar-refractivity contribution in [1.82, 2.24) is 10.2 Å². The van der Waals surface area contributed by atoms with Gasteiger partial charge in [-0.3, -0.25) is 9.59 Å². The zero-order chi connectivity index (χ0) is 12.8. The number of nitrogens with one attached hydrogen (secondary N) is 1. The van der Waals surface area contributed by atoms with Crippen LogP contribution in [0.3, 0.4) is 0 Å². The van der Waals surface area contributed by atoms with Gasteiger partial charge in [-0.1, -0.05) is 13.8 Å². The molecule has 0 aromatic heterocycles. The van der Waals surface area contributed by atoms with E-state index in [1.807, 2.05) is 13.8 Å². The Balaban J connectivity index is 2.53. The topological polar surface area (TPSA) is 75.4 Å². The van der Waals surface area contributed by atoms with E-state index in [2.05, 4.69) is 5.32 Å². The number of amides is 2. The lowest BCUT2D eigenvalue weighted by atomic mass is 10.1. The summed E-state index contributed by atoms with van der Waals surface area (Å²) < 4.78 is 0. The van der Waals surface area contributed by atoms with Crippen molar-refractivity contribution in [2.75, 3.05) is 19.6 Å². The average Bonchev–Trinajstić information content (AvgIpc) is 2.73. The van der Waals surface area contributed by atoms with Gasteiger partial charge >= 0.3 is 0 Å². The Bertz CT molecular complexity index is 279. The summed E-state index contributed by atoms with van der Waals surface area (Å²) in [6, 6.07) is -0.284. The number of hydrogen-bond acceptors (Lipinski definition) is 3. The van der Waals surface area contributed by atoms with Gasteiger partial charge in [0, 0.05) is 26.1 Å². The van der Waals surface area contributed by atoms with Crippen molar-refractivity contribution < 1.29 is 9.59 Å². The van der Waals surface area contributed by atoms with E-state index in [0.717, 1.165) is 12.8 Å². The van der Waals surface area contributed by atoms with E-state index in [9.17, 15) is 9.59 Å². The van der Waals surface area contributed by atoms with Gasteiger partial charge in [0.2, 0.25) is 11.8 Å². The monoisotopic (exact) mass is 241 g/mol. The van der Waals surface area contributed by atoms with Crippen LogP contribution in [0, 0.1) is 5.92 Å². The van der Waals surface area contributed by atoms with Crippen molar-refractivity contribution in [1.29, 1.82) is 0 Å². The number of rotatable bonds is 5. The molecule has 1 rings (SSSR count). The van der Waals surface area contributed by atoms with Gasteiger partial charge < -0.3 is 16.0 Å². The Labute approximate surface area is 103 Å². The quantitative estimate of drug-likeness (QED) is 0.716. The normalized spacial score (nSPS) is 19.8. The van der Waals surface area contributed by atoms with E-state index in [-0.39, 0.29) is 17.9 Å². The molecule has 0 saturated carbocycles.